The molecule has 2 N–H and O–H groups in total. The smallest absolute Gasteiger partial charge is 0.134 e. The fourth-order valence-electron chi connectivity index (χ4n) is 1.93. The molecule has 0 aliphatic carbocycles. The molecule has 17 heavy (non-hydrogen) atoms. The molecule has 0 atom stereocenters. The summed E-state index contributed by atoms with van der Waals surface area (Å²) in [5.41, 5.74) is 9.58. The Balaban J connectivity index is 2.18. The van der Waals surface area contributed by atoms with Gasteiger partial charge in [0.15, 0.2) is 0 Å². The number of fused-ring (bicyclic) bond motifs is 1. The molecule has 0 fully saturated rings. The molecule has 0 aliphatic rings. The van der Waals surface area contributed by atoms with Crippen LogP contribution in [0.4, 0.5) is 5.82 Å². The van der Waals surface area contributed by atoms with Gasteiger partial charge in [0, 0.05) is 10.9 Å². The van der Waals surface area contributed by atoms with E-state index in [0.717, 1.165) is 27.8 Å². The van der Waals surface area contributed by atoms with Crippen molar-refractivity contribution in [3.63, 3.8) is 0 Å². The SMILES string of the molecule is Cc1coc2cc(-c3cccc(N)n3)ccc12. The van der Waals surface area contributed by atoms with E-state index >= 15 is 0 Å². The van der Waals surface area contributed by atoms with Gasteiger partial charge in [0.1, 0.15) is 11.4 Å². The van der Waals surface area contributed by atoms with Gasteiger partial charge in [0.25, 0.3) is 0 Å². The van der Waals surface area contributed by atoms with Gasteiger partial charge in [0.05, 0.1) is 12.0 Å². The van der Waals surface area contributed by atoms with E-state index in [1.54, 1.807) is 12.3 Å². The standard InChI is InChI=1S/C14H12N2O/c1-9-8-17-13-7-10(5-6-11(9)13)12-3-2-4-14(15)16-12/h2-8H,1H3,(H2,15,16). The van der Waals surface area contributed by atoms with E-state index in [1.807, 2.05) is 37.3 Å². The molecule has 2 aromatic heterocycles. The number of aryl methyl sites for hydroxylation is 1. The van der Waals surface area contributed by atoms with E-state index in [1.165, 1.54) is 0 Å². The molecule has 1 aromatic carbocycles. The summed E-state index contributed by atoms with van der Waals surface area (Å²) in [4.78, 5) is 4.29. The van der Waals surface area contributed by atoms with Crippen LogP contribution < -0.4 is 5.73 Å². The molecule has 3 nitrogen and oxygen atoms in total. The lowest BCUT2D eigenvalue weighted by molar-refractivity contribution is 0.613. The van der Waals surface area contributed by atoms with Crippen molar-refractivity contribution in [1.29, 1.82) is 0 Å². The van der Waals surface area contributed by atoms with Crippen LogP contribution >= 0.6 is 0 Å². The fourth-order valence-corrected chi connectivity index (χ4v) is 1.93. The summed E-state index contributed by atoms with van der Waals surface area (Å²) in [5.74, 6) is 0.526. The second kappa shape index (κ2) is 3.63. The van der Waals surface area contributed by atoms with Crippen LogP contribution in [0, 0.1) is 6.92 Å². The number of pyridine rings is 1. The normalized spacial score (nSPS) is 10.9. The third-order valence-electron chi connectivity index (χ3n) is 2.84. The van der Waals surface area contributed by atoms with Crippen LogP contribution in [0.15, 0.2) is 47.1 Å². The molecule has 0 saturated carbocycles. The van der Waals surface area contributed by atoms with Gasteiger partial charge in [0.2, 0.25) is 0 Å². The molecular weight excluding hydrogens is 212 g/mol. The minimum atomic E-state index is 0.526. The van der Waals surface area contributed by atoms with Crippen molar-refractivity contribution in [3.8, 4) is 11.3 Å². The lowest BCUT2D eigenvalue weighted by Gasteiger charge is -2.01. The molecule has 0 amide bonds. The van der Waals surface area contributed by atoms with Crippen LogP contribution in [-0.2, 0) is 0 Å². The van der Waals surface area contributed by atoms with Crippen molar-refractivity contribution in [3.05, 3.63) is 48.2 Å². The topological polar surface area (TPSA) is 52.0 Å². The highest BCUT2D eigenvalue weighted by molar-refractivity contribution is 5.85. The van der Waals surface area contributed by atoms with E-state index in [2.05, 4.69) is 4.98 Å². The lowest BCUT2D eigenvalue weighted by atomic mass is 10.1. The van der Waals surface area contributed by atoms with Crippen LogP contribution in [0.1, 0.15) is 5.56 Å². The highest BCUT2D eigenvalue weighted by Gasteiger charge is 2.05. The third kappa shape index (κ3) is 1.65. The Labute approximate surface area is 98.9 Å². The Bertz CT molecular complexity index is 686. The number of hydrogen-bond donors (Lipinski definition) is 1. The number of nitrogens with zero attached hydrogens (tertiary/aromatic N) is 1. The van der Waals surface area contributed by atoms with Crippen LogP contribution in [0.5, 0.6) is 0 Å². The summed E-state index contributed by atoms with van der Waals surface area (Å²) < 4.78 is 5.48. The molecule has 0 unspecified atom stereocenters. The minimum Gasteiger partial charge on any atom is -0.464 e. The number of anilines is 1. The molecule has 3 heteroatoms. The zero-order valence-corrected chi connectivity index (χ0v) is 9.47. The number of aromatic nitrogens is 1. The Morgan fingerprint density at radius 3 is 2.88 bits per heavy atom. The number of nitrogens with two attached hydrogens (primary N) is 1. The summed E-state index contributed by atoms with van der Waals surface area (Å²) >= 11 is 0. The lowest BCUT2D eigenvalue weighted by Crippen LogP contribution is -1.91. The second-order valence-corrected chi connectivity index (χ2v) is 4.08. The molecule has 0 aliphatic heterocycles. The zero-order valence-electron chi connectivity index (χ0n) is 9.47. The molecule has 0 bridgehead atoms. The van der Waals surface area contributed by atoms with E-state index < -0.39 is 0 Å². The fraction of sp³-hybridized carbons (Fsp3) is 0.0714. The van der Waals surface area contributed by atoms with Gasteiger partial charge in [-0.25, -0.2) is 4.98 Å². The summed E-state index contributed by atoms with van der Waals surface area (Å²) in [6.45, 7) is 2.03. The summed E-state index contributed by atoms with van der Waals surface area (Å²) in [6.07, 6.45) is 1.77. The van der Waals surface area contributed by atoms with Gasteiger partial charge in [-0.3, -0.25) is 0 Å². The van der Waals surface area contributed by atoms with Gasteiger partial charge < -0.3 is 10.2 Å². The first kappa shape index (κ1) is 9.90. The van der Waals surface area contributed by atoms with Gasteiger partial charge in [-0.15, -0.1) is 0 Å². The van der Waals surface area contributed by atoms with Crippen molar-refractivity contribution < 1.29 is 4.42 Å². The zero-order chi connectivity index (χ0) is 11.8. The van der Waals surface area contributed by atoms with Crippen molar-refractivity contribution >= 4 is 16.8 Å². The summed E-state index contributed by atoms with van der Waals surface area (Å²) in [5, 5.41) is 1.14. The number of nitrogen functional groups attached to an aromatic ring is 1. The van der Waals surface area contributed by atoms with Crippen LogP contribution in [0.25, 0.3) is 22.2 Å². The quantitative estimate of drug-likeness (QED) is 0.689. The first-order valence-electron chi connectivity index (χ1n) is 5.45. The Morgan fingerprint density at radius 1 is 1.18 bits per heavy atom. The van der Waals surface area contributed by atoms with Crippen molar-refractivity contribution in [2.24, 2.45) is 0 Å². The van der Waals surface area contributed by atoms with Gasteiger partial charge in [-0.2, -0.15) is 0 Å². The predicted octanol–water partition coefficient (Wildman–Crippen LogP) is 3.39. The molecule has 3 aromatic rings. The molecule has 2 heterocycles. The van der Waals surface area contributed by atoms with E-state index in [9.17, 15) is 0 Å². The highest BCUT2D eigenvalue weighted by Crippen LogP contribution is 2.26. The van der Waals surface area contributed by atoms with E-state index in [-0.39, 0.29) is 0 Å². The maximum atomic E-state index is 5.68. The van der Waals surface area contributed by atoms with Gasteiger partial charge >= 0.3 is 0 Å². The van der Waals surface area contributed by atoms with Crippen molar-refractivity contribution in [2.45, 2.75) is 6.92 Å². The monoisotopic (exact) mass is 224 g/mol. The van der Waals surface area contributed by atoms with Crippen LogP contribution in [0.3, 0.4) is 0 Å². The Kier molecular flexibility index (Phi) is 2.11. The van der Waals surface area contributed by atoms with Gasteiger partial charge in [-0.1, -0.05) is 18.2 Å². The van der Waals surface area contributed by atoms with Gasteiger partial charge in [-0.05, 0) is 30.7 Å². The van der Waals surface area contributed by atoms with Crippen LogP contribution in [0.2, 0.25) is 0 Å². The van der Waals surface area contributed by atoms with E-state index in [4.69, 9.17) is 10.2 Å². The number of benzene rings is 1. The summed E-state index contributed by atoms with van der Waals surface area (Å²) in [7, 11) is 0. The van der Waals surface area contributed by atoms with Crippen LogP contribution in [-0.4, -0.2) is 4.98 Å². The highest BCUT2D eigenvalue weighted by atomic mass is 16.3. The first-order valence-corrected chi connectivity index (χ1v) is 5.45. The second-order valence-electron chi connectivity index (χ2n) is 4.08. The third-order valence-corrected chi connectivity index (χ3v) is 2.84. The largest absolute Gasteiger partial charge is 0.464 e. The average Bonchev–Trinajstić information content (AvgIpc) is 2.71. The minimum absolute atomic E-state index is 0.526. The predicted molar refractivity (Wildman–Crippen MR) is 68.6 cm³/mol. The maximum Gasteiger partial charge on any atom is 0.134 e. The maximum absolute atomic E-state index is 5.68. The van der Waals surface area contributed by atoms with E-state index in [0.29, 0.717) is 5.82 Å². The number of hydrogen-bond acceptors (Lipinski definition) is 3. The number of furan rings is 1. The summed E-state index contributed by atoms with van der Waals surface area (Å²) in [6, 6.07) is 11.7. The van der Waals surface area contributed by atoms with Crippen molar-refractivity contribution in [2.75, 3.05) is 5.73 Å². The number of rotatable bonds is 1. The first-order chi connectivity index (χ1) is 8.24. The molecule has 0 spiro atoms. The Morgan fingerprint density at radius 2 is 2.06 bits per heavy atom. The molecule has 0 saturated heterocycles. The Hall–Kier alpha value is -2.29. The molecular formula is C14H12N2O. The average molecular weight is 224 g/mol. The molecule has 84 valence electrons. The van der Waals surface area contributed by atoms with Crippen molar-refractivity contribution in [1.82, 2.24) is 4.98 Å². The molecule has 0 radical (unpaired) electrons. The molecule has 3 rings (SSSR count).